The molecule has 96 valence electrons. The summed E-state index contributed by atoms with van der Waals surface area (Å²) in [4.78, 5) is 0. The van der Waals surface area contributed by atoms with Crippen LogP contribution in [0.25, 0.3) is 0 Å². The van der Waals surface area contributed by atoms with Crippen molar-refractivity contribution in [1.82, 2.24) is 15.0 Å². The van der Waals surface area contributed by atoms with Gasteiger partial charge in [0.25, 0.3) is 0 Å². The first kappa shape index (κ1) is 12.7. The van der Waals surface area contributed by atoms with E-state index in [0.717, 1.165) is 11.3 Å². The summed E-state index contributed by atoms with van der Waals surface area (Å²) in [6.45, 7) is 2.31. The number of rotatable bonds is 5. The number of aliphatic hydroxyl groups excluding tert-OH is 1. The van der Waals surface area contributed by atoms with Gasteiger partial charge in [0.2, 0.25) is 0 Å². The van der Waals surface area contributed by atoms with E-state index in [1.165, 1.54) is 0 Å². The Morgan fingerprint density at radius 3 is 2.67 bits per heavy atom. The molecule has 0 amide bonds. The first-order chi connectivity index (χ1) is 8.77. The van der Waals surface area contributed by atoms with Crippen LogP contribution in [0.15, 0.2) is 30.3 Å². The van der Waals surface area contributed by atoms with Gasteiger partial charge in [-0.15, -0.1) is 5.10 Å². The van der Waals surface area contributed by atoms with Gasteiger partial charge < -0.3 is 9.84 Å². The second-order valence-electron chi connectivity index (χ2n) is 4.11. The summed E-state index contributed by atoms with van der Waals surface area (Å²) in [5, 5.41) is 17.3. The van der Waals surface area contributed by atoms with E-state index in [2.05, 4.69) is 10.3 Å². The summed E-state index contributed by atoms with van der Waals surface area (Å²) in [5.41, 5.74) is 2.53. The highest BCUT2D eigenvalue weighted by Crippen LogP contribution is 2.20. The fraction of sp³-hybridized carbons (Fsp3) is 0.385. The third-order valence-corrected chi connectivity index (χ3v) is 2.95. The van der Waals surface area contributed by atoms with Gasteiger partial charge in [0, 0.05) is 7.11 Å². The number of hydrogen-bond acceptors (Lipinski definition) is 4. The molecule has 1 heterocycles. The fourth-order valence-corrected chi connectivity index (χ4v) is 1.94. The van der Waals surface area contributed by atoms with Crippen LogP contribution in [0.4, 0.5) is 0 Å². The van der Waals surface area contributed by atoms with Crippen LogP contribution in [0.2, 0.25) is 0 Å². The fourth-order valence-electron chi connectivity index (χ4n) is 1.94. The molecule has 1 N–H and O–H groups in total. The van der Waals surface area contributed by atoms with Gasteiger partial charge in [0.05, 0.1) is 24.9 Å². The number of aromatic nitrogens is 3. The normalized spacial score (nSPS) is 12.6. The molecule has 5 nitrogen and oxygen atoms in total. The topological polar surface area (TPSA) is 60.2 Å². The van der Waals surface area contributed by atoms with Gasteiger partial charge in [-0.25, -0.2) is 4.68 Å². The Morgan fingerprint density at radius 2 is 2.06 bits per heavy atom. The molecule has 2 rings (SSSR count). The minimum absolute atomic E-state index is 0.0594. The van der Waals surface area contributed by atoms with Gasteiger partial charge in [-0.3, -0.25) is 0 Å². The predicted octanol–water partition coefficient (Wildman–Crippen LogP) is 1.53. The molecule has 1 atom stereocenters. The molecule has 1 aromatic heterocycles. The number of ether oxygens (including phenoxy) is 1. The van der Waals surface area contributed by atoms with E-state index in [0.29, 0.717) is 12.3 Å². The minimum atomic E-state index is -0.125. The standard InChI is InChI=1S/C13H17N3O2/c1-10(11-6-4-3-5-7-11)16-13(9-18-2)12(8-17)14-15-16/h3-7,10,17H,8-9H2,1-2H3. The number of aliphatic hydroxyl groups is 1. The van der Waals surface area contributed by atoms with E-state index in [-0.39, 0.29) is 12.6 Å². The molecule has 0 spiro atoms. The van der Waals surface area contributed by atoms with E-state index >= 15 is 0 Å². The minimum Gasteiger partial charge on any atom is -0.390 e. The summed E-state index contributed by atoms with van der Waals surface area (Å²) < 4.78 is 6.94. The first-order valence-electron chi connectivity index (χ1n) is 5.85. The largest absolute Gasteiger partial charge is 0.390 e. The molecule has 18 heavy (non-hydrogen) atoms. The maximum atomic E-state index is 9.24. The summed E-state index contributed by atoms with van der Waals surface area (Å²) in [6.07, 6.45) is 0. The van der Waals surface area contributed by atoms with Crippen molar-refractivity contribution < 1.29 is 9.84 Å². The molecular weight excluding hydrogens is 230 g/mol. The van der Waals surface area contributed by atoms with E-state index in [9.17, 15) is 5.11 Å². The Morgan fingerprint density at radius 1 is 1.33 bits per heavy atom. The molecule has 5 heteroatoms. The monoisotopic (exact) mass is 247 g/mol. The number of hydrogen-bond donors (Lipinski definition) is 1. The third kappa shape index (κ3) is 2.42. The quantitative estimate of drug-likeness (QED) is 0.870. The summed E-state index contributed by atoms with van der Waals surface area (Å²) in [6, 6.07) is 10.1. The molecule has 0 aliphatic heterocycles. The molecule has 0 fully saturated rings. The highest BCUT2D eigenvalue weighted by atomic mass is 16.5. The highest BCUT2D eigenvalue weighted by molar-refractivity contribution is 5.21. The second-order valence-corrected chi connectivity index (χ2v) is 4.11. The van der Waals surface area contributed by atoms with Crippen LogP contribution >= 0.6 is 0 Å². The Hall–Kier alpha value is -1.72. The van der Waals surface area contributed by atoms with Gasteiger partial charge in [-0.1, -0.05) is 35.5 Å². The maximum Gasteiger partial charge on any atom is 0.114 e. The average molecular weight is 247 g/mol. The van der Waals surface area contributed by atoms with E-state index in [1.54, 1.807) is 11.8 Å². The average Bonchev–Trinajstić information content (AvgIpc) is 2.82. The Kier molecular flexibility index (Phi) is 4.07. The van der Waals surface area contributed by atoms with Crippen molar-refractivity contribution in [2.24, 2.45) is 0 Å². The van der Waals surface area contributed by atoms with Crippen LogP contribution in [0.3, 0.4) is 0 Å². The van der Waals surface area contributed by atoms with Crippen molar-refractivity contribution in [3.05, 3.63) is 47.3 Å². The lowest BCUT2D eigenvalue weighted by atomic mass is 10.1. The van der Waals surface area contributed by atoms with E-state index in [4.69, 9.17) is 4.74 Å². The molecule has 0 aliphatic carbocycles. The van der Waals surface area contributed by atoms with Gasteiger partial charge in [-0.05, 0) is 12.5 Å². The molecule has 2 aromatic rings. The zero-order valence-electron chi connectivity index (χ0n) is 10.6. The Balaban J connectivity index is 2.35. The lowest BCUT2D eigenvalue weighted by molar-refractivity contribution is 0.172. The summed E-state index contributed by atoms with van der Waals surface area (Å²) in [7, 11) is 1.62. The summed E-state index contributed by atoms with van der Waals surface area (Å²) in [5.74, 6) is 0. The lowest BCUT2D eigenvalue weighted by Crippen LogP contribution is -2.13. The Bertz CT molecular complexity index is 496. The molecule has 0 aliphatic rings. The highest BCUT2D eigenvalue weighted by Gasteiger charge is 2.17. The second kappa shape index (κ2) is 5.75. The maximum absolute atomic E-state index is 9.24. The van der Waals surface area contributed by atoms with Gasteiger partial charge in [0.15, 0.2) is 0 Å². The smallest absolute Gasteiger partial charge is 0.114 e. The molecule has 0 bridgehead atoms. The molecular formula is C13H17N3O2. The first-order valence-corrected chi connectivity index (χ1v) is 5.85. The number of nitrogens with zero attached hydrogens (tertiary/aromatic N) is 3. The zero-order valence-corrected chi connectivity index (χ0v) is 10.6. The van der Waals surface area contributed by atoms with Crippen LogP contribution in [0.5, 0.6) is 0 Å². The van der Waals surface area contributed by atoms with Crippen LogP contribution in [0.1, 0.15) is 29.9 Å². The lowest BCUT2D eigenvalue weighted by Gasteiger charge is -2.15. The molecule has 1 aromatic carbocycles. The van der Waals surface area contributed by atoms with Crippen molar-refractivity contribution in [3.63, 3.8) is 0 Å². The third-order valence-electron chi connectivity index (χ3n) is 2.95. The van der Waals surface area contributed by atoms with Crippen molar-refractivity contribution in [2.45, 2.75) is 26.2 Å². The van der Waals surface area contributed by atoms with Gasteiger partial charge >= 0.3 is 0 Å². The molecule has 0 saturated heterocycles. The number of benzene rings is 1. The zero-order chi connectivity index (χ0) is 13.0. The Labute approximate surface area is 106 Å². The van der Waals surface area contributed by atoms with Crippen molar-refractivity contribution in [3.8, 4) is 0 Å². The van der Waals surface area contributed by atoms with E-state index in [1.807, 2.05) is 37.3 Å². The number of methoxy groups -OCH3 is 1. The van der Waals surface area contributed by atoms with Crippen LogP contribution < -0.4 is 0 Å². The molecule has 0 radical (unpaired) electrons. The van der Waals surface area contributed by atoms with Gasteiger partial charge in [0.1, 0.15) is 5.69 Å². The summed E-state index contributed by atoms with van der Waals surface area (Å²) >= 11 is 0. The molecule has 1 unspecified atom stereocenters. The van der Waals surface area contributed by atoms with Crippen molar-refractivity contribution >= 4 is 0 Å². The SMILES string of the molecule is COCc1c(CO)nnn1C(C)c1ccccc1. The predicted molar refractivity (Wildman–Crippen MR) is 66.9 cm³/mol. The van der Waals surface area contributed by atoms with Gasteiger partial charge in [-0.2, -0.15) is 0 Å². The van der Waals surface area contributed by atoms with Crippen molar-refractivity contribution in [2.75, 3.05) is 7.11 Å². The van der Waals surface area contributed by atoms with Crippen LogP contribution in [-0.4, -0.2) is 27.2 Å². The van der Waals surface area contributed by atoms with Crippen molar-refractivity contribution in [1.29, 1.82) is 0 Å². The van der Waals surface area contributed by atoms with Crippen LogP contribution in [-0.2, 0) is 18.0 Å². The molecule has 0 saturated carbocycles. The van der Waals surface area contributed by atoms with Crippen LogP contribution in [0, 0.1) is 0 Å². The van der Waals surface area contributed by atoms with E-state index < -0.39 is 0 Å².